The van der Waals surface area contributed by atoms with Crippen LogP contribution in [0.25, 0.3) is 0 Å². The fourth-order valence-electron chi connectivity index (χ4n) is 2.33. The Morgan fingerprint density at radius 3 is 3.00 bits per heavy atom. The van der Waals surface area contributed by atoms with Gasteiger partial charge in [-0.05, 0) is 37.6 Å². The van der Waals surface area contributed by atoms with Crippen molar-refractivity contribution >= 4 is 11.6 Å². The molecule has 104 valence electrons. The first kappa shape index (κ1) is 13.8. The normalized spacial score (nSPS) is 18.4. The zero-order valence-electron chi connectivity index (χ0n) is 11.3. The van der Waals surface area contributed by atoms with Crippen molar-refractivity contribution in [1.29, 1.82) is 0 Å². The van der Waals surface area contributed by atoms with E-state index in [4.69, 9.17) is 4.74 Å². The highest BCUT2D eigenvalue weighted by Crippen LogP contribution is 2.29. The lowest BCUT2D eigenvalue weighted by atomic mass is 10.0. The second-order valence-electron chi connectivity index (χ2n) is 4.83. The predicted octanol–water partition coefficient (Wildman–Crippen LogP) is 1.80. The summed E-state index contributed by atoms with van der Waals surface area (Å²) in [4.78, 5) is 13.7. The van der Waals surface area contributed by atoms with Crippen LogP contribution in [0.15, 0.2) is 18.2 Å². The molecule has 1 fully saturated rings. The number of hydrogen-bond donors (Lipinski definition) is 1. The van der Waals surface area contributed by atoms with Gasteiger partial charge in [-0.15, -0.1) is 0 Å². The maximum atomic E-state index is 13.3. The third-order valence-corrected chi connectivity index (χ3v) is 3.50. The van der Waals surface area contributed by atoms with Crippen molar-refractivity contribution in [2.45, 2.75) is 12.8 Å². The van der Waals surface area contributed by atoms with Gasteiger partial charge in [-0.25, -0.2) is 4.39 Å². The minimum absolute atomic E-state index is 0.0161. The molecule has 1 saturated heterocycles. The van der Waals surface area contributed by atoms with Crippen LogP contribution in [0.4, 0.5) is 10.1 Å². The smallest absolute Gasteiger partial charge is 0.227 e. The molecule has 1 unspecified atom stereocenters. The Hall–Kier alpha value is -1.62. The van der Waals surface area contributed by atoms with Gasteiger partial charge in [0.05, 0.1) is 12.8 Å². The molecule has 1 atom stereocenters. The summed E-state index contributed by atoms with van der Waals surface area (Å²) in [7, 11) is 3.16. The lowest BCUT2D eigenvalue weighted by Crippen LogP contribution is -2.29. The molecule has 5 heteroatoms. The molecule has 19 heavy (non-hydrogen) atoms. The van der Waals surface area contributed by atoms with E-state index in [2.05, 4.69) is 5.32 Å². The molecule has 0 radical (unpaired) electrons. The second kappa shape index (κ2) is 6.02. The molecule has 1 N–H and O–H groups in total. The molecule has 4 nitrogen and oxygen atoms in total. The summed E-state index contributed by atoms with van der Waals surface area (Å²) >= 11 is 0. The van der Waals surface area contributed by atoms with Crippen molar-refractivity contribution < 1.29 is 13.9 Å². The zero-order chi connectivity index (χ0) is 13.8. The molecule has 0 aromatic heterocycles. The molecular weight excluding hydrogens is 247 g/mol. The Morgan fingerprint density at radius 1 is 1.58 bits per heavy atom. The monoisotopic (exact) mass is 266 g/mol. The van der Waals surface area contributed by atoms with Crippen molar-refractivity contribution in [2.75, 3.05) is 32.1 Å². The number of rotatable bonds is 4. The fraction of sp³-hybridized carbons (Fsp3) is 0.500. The van der Waals surface area contributed by atoms with Crippen molar-refractivity contribution in [3.8, 4) is 5.75 Å². The maximum Gasteiger partial charge on any atom is 0.227 e. The lowest BCUT2D eigenvalue weighted by molar-refractivity contribution is -0.119. The van der Waals surface area contributed by atoms with E-state index in [-0.39, 0.29) is 11.7 Å². The third kappa shape index (κ3) is 3.23. The number of ether oxygens (including phenoxy) is 1. The van der Waals surface area contributed by atoms with Crippen LogP contribution < -0.4 is 15.0 Å². The molecule has 1 aromatic carbocycles. The van der Waals surface area contributed by atoms with Crippen LogP contribution in [0.3, 0.4) is 0 Å². The zero-order valence-corrected chi connectivity index (χ0v) is 11.3. The van der Waals surface area contributed by atoms with Crippen LogP contribution in [0.5, 0.6) is 5.75 Å². The molecule has 0 spiro atoms. The molecule has 0 saturated carbocycles. The minimum Gasteiger partial charge on any atom is -0.495 e. The number of nitrogens with zero attached hydrogens (tertiary/aromatic N) is 1. The first-order chi connectivity index (χ1) is 9.11. The first-order valence-electron chi connectivity index (χ1n) is 6.42. The minimum atomic E-state index is -0.377. The van der Waals surface area contributed by atoms with E-state index >= 15 is 0 Å². The molecule has 2 rings (SSSR count). The van der Waals surface area contributed by atoms with E-state index in [1.165, 1.54) is 30.2 Å². The van der Waals surface area contributed by atoms with Gasteiger partial charge in [0.25, 0.3) is 0 Å². The van der Waals surface area contributed by atoms with Crippen LogP contribution >= 0.6 is 0 Å². The molecule has 1 aliphatic heterocycles. The van der Waals surface area contributed by atoms with Gasteiger partial charge in [-0.1, -0.05) is 0 Å². The Morgan fingerprint density at radius 2 is 2.37 bits per heavy atom. The SMILES string of the molecule is COc1ccc(F)cc1N(C)C(=O)CC1CCNC1. The lowest BCUT2D eigenvalue weighted by Gasteiger charge is -2.21. The van der Waals surface area contributed by atoms with Crippen LogP contribution in [-0.4, -0.2) is 33.2 Å². The van der Waals surface area contributed by atoms with Crippen molar-refractivity contribution in [1.82, 2.24) is 5.32 Å². The summed E-state index contributed by atoms with van der Waals surface area (Å²) in [5, 5.41) is 3.23. The largest absolute Gasteiger partial charge is 0.495 e. The van der Waals surface area contributed by atoms with Crippen molar-refractivity contribution in [2.24, 2.45) is 5.92 Å². The van der Waals surface area contributed by atoms with Gasteiger partial charge in [-0.3, -0.25) is 4.79 Å². The van der Waals surface area contributed by atoms with Crippen LogP contribution in [0.2, 0.25) is 0 Å². The van der Waals surface area contributed by atoms with E-state index in [0.29, 0.717) is 23.8 Å². The maximum absolute atomic E-state index is 13.3. The Bertz CT molecular complexity index is 459. The third-order valence-electron chi connectivity index (χ3n) is 3.50. The van der Waals surface area contributed by atoms with E-state index in [0.717, 1.165) is 19.5 Å². The quantitative estimate of drug-likeness (QED) is 0.903. The Kier molecular flexibility index (Phi) is 4.37. The number of anilines is 1. The highest BCUT2D eigenvalue weighted by Gasteiger charge is 2.22. The number of amides is 1. The summed E-state index contributed by atoms with van der Waals surface area (Å²) in [6, 6.07) is 4.18. The summed E-state index contributed by atoms with van der Waals surface area (Å²) in [5.74, 6) is 0.479. The Balaban J connectivity index is 2.11. The average Bonchev–Trinajstić information content (AvgIpc) is 2.90. The van der Waals surface area contributed by atoms with E-state index in [1.807, 2.05) is 0 Å². The molecule has 1 aromatic rings. The summed E-state index contributed by atoms with van der Waals surface area (Å²) in [6.45, 7) is 1.84. The number of carbonyl (C=O) groups is 1. The number of nitrogens with one attached hydrogen (secondary N) is 1. The van der Waals surface area contributed by atoms with E-state index in [1.54, 1.807) is 7.05 Å². The van der Waals surface area contributed by atoms with Crippen LogP contribution in [0.1, 0.15) is 12.8 Å². The fourth-order valence-corrected chi connectivity index (χ4v) is 2.33. The first-order valence-corrected chi connectivity index (χ1v) is 6.42. The molecule has 0 bridgehead atoms. The van der Waals surface area contributed by atoms with Gasteiger partial charge in [0.2, 0.25) is 5.91 Å². The molecule has 1 aliphatic rings. The van der Waals surface area contributed by atoms with E-state index in [9.17, 15) is 9.18 Å². The number of hydrogen-bond acceptors (Lipinski definition) is 3. The van der Waals surface area contributed by atoms with Gasteiger partial charge in [-0.2, -0.15) is 0 Å². The van der Waals surface area contributed by atoms with Crippen molar-refractivity contribution in [3.63, 3.8) is 0 Å². The summed E-state index contributed by atoms with van der Waals surface area (Å²) in [5.41, 5.74) is 0.471. The van der Waals surface area contributed by atoms with E-state index < -0.39 is 0 Å². The predicted molar refractivity (Wildman–Crippen MR) is 72.0 cm³/mol. The Labute approximate surface area is 112 Å². The number of methoxy groups -OCH3 is 1. The molecule has 1 heterocycles. The molecule has 1 amide bonds. The number of benzene rings is 1. The highest BCUT2D eigenvalue weighted by molar-refractivity contribution is 5.94. The second-order valence-corrected chi connectivity index (χ2v) is 4.83. The highest BCUT2D eigenvalue weighted by atomic mass is 19.1. The molecule has 0 aliphatic carbocycles. The average molecular weight is 266 g/mol. The topological polar surface area (TPSA) is 41.6 Å². The van der Waals surface area contributed by atoms with Gasteiger partial charge < -0.3 is 15.0 Å². The molecular formula is C14H19FN2O2. The number of carbonyl (C=O) groups excluding carboxylic acids is 1. The van der Waals surface area contributed by atoms with Crippen LogP contribution in [-0.2, 0) is 4.79 Å². The van der Waals surface area contributed by atoms with Gasteiger partial charge >= 0.3 is 0 Å². The standard InChI is InChI=1S/C14H19FN2O2/c1-17(14(18)7-10-5-6-16-9-10)12-8-11(15)3-4-13(12)19-2/h3-4,8,10,16H,5-7,9H2,1-2H3. The summed E-state index contributed by atoms with van der Waals surface area (Å²) < 4.78 is 18.5. The van der Waals surface area contributed by atoms with Crippen LogP contribution in [0, 0.1) is 11.7 Å². The summed E-state index contributed by atoms with van der Waals surface area (Å²) in [6.07, 6.45) is 1.49. The van der Waals surface area contributed by atoms with Crippen molar-refractivity contribution in [3.05, 3.63) is 24.0 Å². The number of halogens is 1. The van der Waals surface area contributed by atoms with Gasteiger partial charge in [0, 0.05) is 19.5 Å². The van der Waals surface area contributed by atoms with Gasteiger partial charge in [0.1, 0.15) is 11.6 Å². The van der Waals surface area contributed by atoms with Gasteiger partial charge in [0.15, 0.2) is 0 Å².